The summed E-state index contributed by atoms with van der Waals surface area (Å²) in [6.07, 6.45) is 0. The zero-order chi connectivity index (χ0) is 11.5. The summed E-state index contributed by atoms with van der Waals surface area (Å²) in [5.41, 5.74) is 3.69. The van der Waals surface area contributed by atoms with Crippen LogP contribution in [-0.4, -0.2) is 5.11 Å². The van der Waals surface area contributed by atoms with Crippen LogP contribution in [0.5, 0.6) is 5.75 Å². The smallest absolute Gasteiger partial charge is 0.115 e. The number of phenols is 1. The van der Waals surface area contributed by atoms with E-state index in [0.29, 0.717) is 5.56 Å². The Morgan fingerprint density at radius 3 is 2.38 bits per heavy atom. The number of hydrogen-bond donors (Lipinski definition) is 1. The first-order chi connectivity index (χ1) is 7.72. The normalized spacial score (nSPS) is 9.75. The van der Waals surface area contributed by atoms with Crippen LogP contribution in [-0.2, 0) is 0 Å². The van der Waals surface area contributed by atoms with Crippen LogP contribution >= 0.6 is 0 Å². The first-order valence-corrected chi connectivity index (χ1v) is 5.01. The largest absolute Gasteiger partial charge is 0.508 e. The van der Waals surface area contributed by atoms with E-state index in [1.165, 1.54) is 0 Å². The highest BCUT2D eigenvalue weighted by atomic mass is 16.3. The Kier molecular flexibility index (Phi) is 2.61. The molecule has 0 atom stereocenters. The van der Waals surface area contributed by atoms with Crippen molar-refractivity contribution in [3.63, 3.8) is 0 Å². The molecule has 0 aliphatic heterocycles. The summed E-state index contributed by atoms with van der Waals surface area (Å²) in [6.45, 7) is 1.93. The molecule has 0 aliphatic carbocycles. The Hall–Kier alpha value is -2.27. The molecular weight excluding hydrogens is 198 g/mol. The highest BCUT2D eigenvalue weighted by Crippen LogP contribution is 2.26. The minimum absolute atomic E-state index is 0.248. The molecule has 0 radical (unpaired) electrons. The standard InChI is InChI=1S/C14H11NO/c1-10-12(9-15)3-2-4-14(10)11-5-7-13(16)8-6-11/h2-8,16H,1H3. The van der Waals surface area contributed by atoms with E-state index < -0.39 is 0 Å². The molecule has 0 heterocycles. The maximum Gasteiger partial charge on any atom is 0.115 e. The molecule has 2 rings (SSSR count). The zero-order valence-corrected chi connectivity index (χ0v) is 8.94. The van der Waals surface area contributed by atoms with Gasteiger partial charge in [-0.25, -0.2) is 0 Å². The summed E-state index contributed by atoms with van der Waals surface area (Å²) < 4.78 is 0. The quantitative estimate of drug-likeness (QED) is 0.783. The van der Waals surface area contributed by atoms with Gasteiger partial charge in [0.15, 0.2) is 0 Å². The molecule has 0 unspecified atom stereocenters. The number of nitrogens with zero attached hydrogens (tertiary/aromatic N) is 1. The van der Waals surface area contributed by atoms with Crippen molar-refractivity contribution in [2.45, 2.75) is 6.92 Å². The molecule has 0 saturated heterocycles. The molecule has 0 amide bonds. The van der Waals surface area contributed by atoms with E-state index in [9.17, 15) is 5.11 Å². The lowest BCUT2D eigenvalue weighted by atomic mass is 9.97. The average molecular weight is 209 g/mol. The van der Waals surface area contributed by atoms with E-state index in [4.69, 9.17) is 5.26 Å². The second-order valence-electron chi connectivity index (χ2n) is 3.64. The van der Waals surface area contributed by atoms with Gasteiger partial charge in [0.2, 0.25) is 0 Å². The van der Waals surface area contributed by atoms with Crippen molar-refractivity contribution in [2.24, 2.45) is 0 Å². The predicted octanol–water partition coefficient (Wildman–Crippen LogP) is 3.24. The molecule has 0 aromatic heterocycles. The molecule has 1 N–H and O–H groups in total. The van der Waals surface area contributed by atoms with Gasteiger partial charge >= 0.3 is 0 Å². The van der Waals surface area contributed by atoms with Gasteiger partial charge in [-0.1, -0.05) is 24.3 Å². The summed E-state index contributed by atoms with van der Waals surface area (Å²) in [7, 11) is 0. The molecule has 0 saturated carbocycles. The number of hydrogen-bond acceptors (Lipinski definition) is 2. The van der Waals surface area contributed by atoms with Crippen molar-refractivity contribution in [1.29, 1.82) is 5.26 Å². The third kappa shape index (κ3) is 1.76. The Labute approximate surface area is 94.4 Å². The lowest BCUT2D eigenvalue weighted by molar-refractivity contribution is 0.475. The first kappa shape index (κ1) is 10.3. The molecule has 16 heavy (non-hydrogen) atoms. The van der Waals surface area contributed by atoms with E-state index in [0.717, 1.165) is 16.7 Å². The molecule has 0 spiro atoms. The summed E-state index contributed by atoms with van der Waals surface area (Å²) in [5.74, 6) is 0.248. The second-order valence-corrected chi connectivity index (χ2v) is 3.64. The second kappa shape index (κ2) is 4.08. The summed E-state index contributed by atoms with van der Waals surface area (Å²) >= 11 is 0. The van der Waals surface area contributed by atoms with Crippen LogP contribution in [0.4, 0.5) is 0 Å². The number of rotatable bonds is 1. The minimum Gasteiger partial charge on any atom is -0.508 e. The summed E-state index contributed by atoms with van der Waals surface area (Å²) in [5, 5.41) is 18.2. The molecule has 2 aromatic carbocycles. The van der Waals surface area contributed by atoms with Gasteiger partial charge < -0.3 is 5.11 Å². The Morgan fingerprint density at radius 1 is 1.06 bits per heavy atom. The van der Waals surface area contributed by atoms with Gasteiger partial charge in [0.1, 0.15) is 5.75 Å². The monoisotopic (exact) mass is 209 g/mol. The number of nitriles is 1. The van der Waals surface area contributed by atoms with Crippen molar-refractivity contribution >= 4 is 0 Å². The highest BCUT2D eigenvalue weighted by Gasteiger charge is 2.05. The van der Waals surface area contributed by atoms with Crippen LogP contribution in [0.15, 0.2) is 42.5 Å². The van der Waals surface area contributed by atoms with Gasteiger partial charge in [0.05, 0.1) is 11.6 Å². The Bertz CT molecular complexity index is 550. The number of benzene rings is 2. The molecule has 0 bridgehead atoms. The van der Waals surface area contributed by atoms with Crippen molar-refractivity contribution in [3.05, 3.63) is 53.6 Å². The number of phenolic OH excluding ortho intramolecular Hbond substituents is 1. The topological polar surface area (TPSA) is 44.0 Å². The lowest BCUT2D eigenvalue weighted by Gasteiger charge is -2.07. The molecule has 2 heteroatoms. The summed E-state index contributed by atoms with van der Waals surface area (Å²) in [4.78, 5) is 0. The minimum atomic E-state index is 0.248. The van der Waals surface area contributed by atoms with Crippen molar-refractivity contribution < 1.29 is 5.11 Å². The van der Waals surface area contributed by atoms with Gasteiger partial charge in [-0.3, -0.25) is 0 Å². The Balaban J connectivity index is 2.57. The average Bonchev–Trinajstić information content (AvgIpc) is 2.31. The molecule has 0 aliphatic rings. The van der Waals surface area contributed by atoms with Crippen LogP contribution in [0.3, 0.4) is 0 Å². The van der Waals surface area contributed by atoms with Crippen LogP contribution in [0.1, 0.15) is 11.1 Å². The van der Waals surface area contributed by atoms with Gasteiger partial charge in [0.25, 0.3) is 0 Å². The van der Waals surface area contributed by atoms with Crippen LogP contribution in [0.25, 0.3) is 11.1 Å². The zero-order valence-electron chi connectivity index (χ0n) is 8.94. The van der Waals surface area contributed by atoms with E-state index in [1.54, 1.807) is 18.2 Å². The maximum absolute atomic E-state index is 9.22. The SMILES string of the molecule is Cc1c(C#N)cccc1-c1ccc(O)cc1. The van der Waals surface area contributed by atoms with Crippen LogP contribution in [0.2, 0.25) is 0 Å². The van der Waals surface area contributed by atoms with Crippen molar-refractivity contribution in [3.8, 4) is 22.9 Å². The van der Waals surface area contributed by atoms with E-state index >= 15 is 0 Å². The van der Waals surface area contributed by atoms with Crippen LogP contribution < -0.4 is 0 Å². The Morgan fingerprint density at radius 2 is 1.75 bits per heavy atom. The van der Waals surface area contributed by atoms with Crippen LogP contribution in [0, 0.1) is 18.3 Å². The van der Waals surface area contributed by atoms with Gasteiger partial charge in [-0.05, 0) is 41.8 Å². The molecule has 2 nitrogen and oxygen atoms in total. The van der Waals surface area contributed by atoms with Gasteiger partial charge in [-0.15, -0.1) is 0 Å². The molecule has 2 aromatic rings. The van der Waals surface area contributed by atoms with E-state index in [1.807, 2.05) is 31.2 Å². The lowest BCUT2D eigenvalue weighted by Crippen LogP contribution is -1.87. The fourth-order valence-electron chi connectivity index (χ4n) is 1.71. The fourth-order valence-corrected chi connectivity index (χ4v) is 1.71. The van der Waals surface area contributed by atoms with Crippen molar-refractivity contribution in [1.82, 2.24) is 0 Å². The van der Waals surface area contributed by atoms with E-state index in [-0.39, 0.29) is 5.75 Å². The molecule has 0 fully saturated rings. The molecule has 78 valence electrons. The predicted molar refractivity (Wildman–Crippen MR) is 63.0 cm³/mol. The first-order valence-electron chi connectivity index (χ1n) is 5.01. The third-order valence-corrected chi connectivity index (χ3v) is 2.63. The van der Waals surface area contributed by atoms with Gasteiger partial charge in [-0.2, -0.15) is 5.26 Å². The van der Waals surface area contributed by atoms with E-state index in [2.05, 4.69) is 6.07 Å². The maximum atomic E-state index is 9.22. The fraction of sp³-hybridized carbons (Fsp3) is 0.0714. The number of aromatic hydroxyl groups is 1. The summed E-state index contributed by atoms with van der Waals surface area (Å²) in [6, 6.07) is 14.8. The van der Waals surface area contributed by atoms with Gasteiger partial charge in [0, 0.05) is 0 Å². The molecular formula is C14H11NO. The highest BCUT2D eigenvalue weighted by molar-refractivity contribution is 5.70. The van der Waals surface area contributed by atoms with Crippen molar-refractivity contribution in [2.75, 3.05) is 0 Å². The third-order valence-electron chi connectivity index (χ3n) is 2.63.